The van der Waals surface area contributed by atoms with E-state index in [2.05, 4.69) is 36.6 Å². The molecule has 0 spiro atoms. The van der Waals surface area contributed by atoms with E-state index in [1.807, 2.05) is 12.1 Å². The Morgan fingerprint density at radius 3 is 2.75 bits per heavy atom. The van der Waals surface area contributed by atoms with Crippen molar-refractivity contribution in [3.05, 3.63) is 59.4 Å². The summed E-state index contributed by atoms with van der Waals surface area (Å²) in [6, 6.07) is 13.7. The lowest BCUT2D eigenvalue weighted by Gasteiger charge is -2.06. The second-order valence-corrected chi connectivity index (χ2v) is 5.11. The standard InChI is InChI=1S/C17H18N2O/c1-3-19-16-8-7-12(2)9-15(16)18-17(19)11-13-5-4-6-14(20)10-13/h4-10,20H,3,11H2,1-2H3. The zero-order valence-electron chi connectivity index (χ0n) is 11.8. The Morgan fingerprint density at radius 2 is 2.00 bits per heavy atom. The van der Waals surface area contributed by atoms with Crippen molar-refractivity contribution in [1.82, 2.24) is 9.55 Å². The fourth-order valence-electron chi connectivity index (χ4n) is 2.63. The van der Waals surface area contributed by atoms with Crippen LogP contribution in [0.5, 0.6) is 5.75 Å². The number of nitrogens with zero attached hydrogens (tertiary/aromatic N) is 2. The molecule has 0 bridgehead atoms. The molecule has 0 radical (unpaired) electrons. The van der Waals surface area contributed by atoms with E-state index < -0.39 is 0 Å². The molecule has 0 aliphatic carbocycles. The van der Waals surface area contributed by atoms with Crippen molar-refractivity contribution < 1.29 is 5.11 Å². The molecular weight excluding hydrogens is 248 g/mol. The molecule has 1 heterocycles. The number of hydrogen-bond donors (Lipinski definition) is 1. The first-order valence-electron chi connectivity index (χ1n) is 6.91. The summed E-state index contributed by atoms with van der Waals surface area (Å²) < 4.78 is 2.23. The molecule has 1 aromatic heterocycles. The Kier molecular flexibility index (Phi) is 3.18. The van der Waals surface area contributed by atoms with Crippen molar-refractivity contribution in [3.63, 3.8) is 0 Å². The Labute approximate surface area is 118 Å². The summed E-state index contributed by atoms with van der Waals surface area (Å²) in [7, 11) is 0. The van der Waals surface area contributed by atoms with Crippen LogP contribution in [-0.2, 0) is 13.0 Å². The summed E-state index contributed by atoms with van der Waals surface area (Å²) in [5.74, 6) is 1.34. The highest BCUT2D eigenvalue weighted by Crippen LogP contribution is 2.21. The van der Waals surface area contributed by atoms with Crippen LogP contribution in [0.25, 0.3) is 11.0 Å². The van der Waals surface area contributed by atoms with E-state index in [0.717, 1.165) is 29.9 Å². The molecule has 0 saturated heterocycles. The van der Waals surface area contributed by atoms with Crippen LogP contribution < -0.4 is 0 Å². The van der Waals surface area contributed by atoms with Gasteiger partial charge in [0.15, 0.2) is 0 Å². The van der Waals surface area contributed by atoms with E-state index in [4.69, 9.17) is 4.98 Å². The first-order valence-corrected chi connectivity index (χ1v) is 6.91. The van der Waals surface area contributed by atoms with Gasteiger partial charge in [-0.3, -0.25) is 0 Å². The average Bonchev–Trinajstić information content (AvgIpc) is 2.74. The lowest BCUT2D eigenvalue weighted by atomic mass is 10.1. The maximum absolute atomic E-state index is 9.57. The van der Waals surface area contributed by atoms with Crippen LogP contribution in [0.4, 0.5) is 0 Å². The smallest absolute Gasteiger partial charge is 0.115 e. The number of rotatable bonds is 3. The Balaban J connectivity index is 2.06. The van der Waals surface area contributed by atoms with Gasteiger partial charge >= 0.3 is 0 Å². The lowest BCUT2D eigenvalue weighted by Crippen LogP contribution is -2.02. The number of aryl methyl sites for hydroxylation is 2. The summed E-state index contributed by atoms with van der Waals surface area (Å²) in [5.41, 5.74) is 4.52. The van der Waals surface area contributed by atoms with Crippen molar-refractivity contribution in [2.45, 2.75) is 26.8 Å². The van der Waals surface area contributed by atoms with Crippen LogP contribution in [0.15, 0.2) is 42.5 Å². The van der Waals surface area contributed by atoms with Gasteiger partial charge < -0.3 is 9.67 Å². The van der Waals surface area contributed by atoms with Crippen LogP contribution in [0, 0.1) is 6.92 Å². The number of aromatic nitrogens is 2. The van der Waals surface area contributed by atoms with E-state index in [9.17, 15) is 5.11 Å². The van der Waals surface area contributed by atoms with Crippen LogP contribution in [-0.4, -0.2) is 14.7 Å². The summed E-state index contributed by atoms with van der Waals surface area (Å²) in [6.07, 6.45) is 0.732. The first-order chi connectivity index (χ1) is 9.67. The Bertz CT molecular complexity index is 759. The fourth-order valence-corrected chi connectivity index (χ4v) is 2.63. The molecule has 0 atom stereocenters. The second kappa shape index (κ2) is 5.00. The molecule has 3 rings (SSSR count). The minimum atomic E-state index is 0.303. The van der Waals surface area contributed by atoms with Crippen LogP contribution in [0.1, 0.15) is 23.9 Å². The molecule has 1 N–H and O–H groups in total. The van der Waals surface area contributed by atoms with Crippen molar-refractivity contribution in [3.8, 4) is 5.75 Å². The van der Waals surface area contributed by atoms with Crippen molar-refractivity contribution >= 4 is 11.0 Å². The fraction of sp³-hybridized carbons (Fsp3) is 0.235. The molecule has 0 amide bonds. The molecule has 0 aliphatic heterocycles. The Morgan fingerprint density at radius 1 is 1.15 bits per heavy atom. The van der Waals surface area contributed by atoms with Gasteiger partial charge in [-0.2, -0.15) is 0 Å². The monoisotopic (exact) mass is 266 g/mol. The van der Waals surface area contributed by atoms with Gasteiger partial charge in [-0.1, -0.05) is 18.2 Å². The van der Waals surface area contributed by atoms with Gasteiger partial charge in [0.05, 0.1) is 11.0 Å². The lowest BCUT2D eigenvalue weighted by molar-refractivity contribution is 0.474. The number of benzene rings is 2. The van der Waals surface area contributed by atoms with Crippen LogP contribution in [0.2, 0.25) is 0 Å². The SMILES string of the molecule is CCn1c(Cc2cccc(O)c2)nc2cc(C)ccc21. The molecule has 102 valence electrons. The third kappa shape index (κ3) is 2.27. The van der Waals surface area contributed by atoms with Gasteiger partial charge in [0.2, 0.25) is 0 Å². The highest BCUT2D eigenvalue weighted by Gasteiger charge is 2.10. The summed E-state index contributed by atoms with van der Waals surface area (Å²) >= 11 is 0. The first kappa shape index (κ1) is 12.7. The van der Waals surface area contributed by atoms with Gasteiger partial charge in [0.1, 0.15) is 11.6 Å². The second-order valence-electron chi connectivity index (χ2n) is 5.11. The van der Waals surface area contributed by atoms with Gasteiger partial charge in [-0.15, -0.1) is 0 Å². The molecule has 20 heavy (non-hydrogen) atoms. The average molecular weight is 266 g/mol. The predicted octanol–water partition coefficient (Wildman–Crippen LogP) is 3.66. The molecule has 0 aliphatic rings. The minimum Gasteiger partial charge on any atom is -0.508 e. The molecule has 0 saturated carbocycles. The number of hydrogen-bond acceptors (Lipinski definition) is 2. The summed E-state index contributed by atoms with van der Waals surface area (Å²) in [4.78, 5) is 4.75. The molecule has 0 unspecified atom stereocenters. The number of phenols is 1. The molecule has 0 fully saturated rings. The molecule has 2 aromatic carbocycles. The van der Waals surface area contributed by atoms with Gasteiger partial charge in [0, 0.05) is 13.0 Å². The highest BCUT2D eigenvalue weighted by atomic mass is 16.3. The van der Waals surface area contributed by atoms with Crippen molar-refractivity contribution in [2.75, 3.05) is 0 Å². The van der Waals surface area contributed by atoms with Gasteiger partial charge in [-0.05, 0) is 49.2 Å². The Hall–Kier alpha value is -2.29. The minimum absolute atomic E-state index is 0.303. The van der Waals surface area contributed by atoms with E-state index in [0.29, 0.717) is 5.75 Å². The summed E-state index contributed by atoms with van der Waals surface area (Å²) in [5, 5.41) is 9.57. The molecular formula is C17H18N2O. The van der Waals surface area contributed by atoms with Crippen LogP contribution in [0.3, 0.4) is 0 Å². The number of fused-ring (bicyclic) bond motifs is 1. The largest absolute Gasteiger partial charge is 0.508 e. The molecule has 3 nitrogen and oxygen atoms in total. The predicted molar refractivity (Wildman–Crippen MR) is 81.1 cm³/mol. The third-order valence-electron chi connectivity index (χ3n) is 3.57. The van der Waals surface area contributed by atoms with Crippen molar-refractivity contribution in [2.24, 2.45) is 0 Å². The van der Waals surface area contributed by atoms with E-state index in [-0.39, 0.29) is 0 Å². The van der Waals surface area contributed by atoms with E-state index in [1.165, 1.54) is 11.1 Å². The van der Waals surface area contributed by atoms with Crippen molar-refractivity contribution in [1.29, 1.82) is 0 Å². The number of aromatic hydroxyl groups is 1. The summed E-state index contributed by atoms with van der Waals surface area (Å²) in [6.45, 7) is 5.11. The third-order valence-corrected chi connectivity index (χ3v) is 3.57. The number of phenolic OH excluding ortho intramolecular Hbond substituents is 1. The topological polar surface area (TPSA) is 38.0 Å². The van der Waals surface area contributed by atoms with E-state index in [1.54, 1.807) is 12.1 Å². The number of imidazole rings is 1. The normalized spacial score (nSPS) is 11.1. The van der Waals surface area contributed by atoms with Crippen LogP contribution >= 0.6 is 0 Å². The molecule has 3 aromatic rings. The molecule has 3 heteroatoms. The van der Waals surface area contributed by atoms with Gasteiger partial charge in [-0.25, -0.2) is 4.98 Å². The zero-order chi connectivity index (χ0) is 14.1. The van der Waals surface area contributed by atoms with Gasteiger partial charge in [0.25, 0.3) is 0 Å². The maximum atomic E-state index is 9.57. The highest BCUT2D eigenvalue weighted by molar-refractivity contribution is 5.77. The maximum Gasteiger partial charge on any atom is 0.115 e. The zero-order valence-corrected chi connectivity index (χ0v) is 11.8. The van der Waals surface area contributed by atoms with E-state index >= 15 is 0 Å². The quantitative estimate of drug-likeness (QED) is 0.785.